The van der Waals surface area contributed by atoms with Crippen LogP contribution in [0.5, 0.6) is 5.75 Å². The highest BCUT2D eigenvalue weighted by atomic mass is 16.7. The average molecular weight is 341 g/mol. The third-order valence-corrected chi connectivity index (χ3v) is 4.81. The Morgan fingerprint density at radius 2 is 1.56 bits per heavy atom. The lowest BCUT2D eigenvalue weighted by molar-refractivity contribution is 0.00578. The topological polar surface area (TPSA) is 65.5 Å². The number of anilines is 1. The van der Waals surface area contributed by atoms with Crippen LogP contribution in [0.15, 0.2) is 36.7 Å². The Hall–Kier alpha value is -2.12. The number of methoxy groups -OCH3 is 1. The highest BCUT2D eigenvalue weighted by Gasteiger charge is 2.51. The van der Waals surface area contributed by atoms with Crippen LogP contribution < -0.4 is 15.5 Å². The molecule has 132 valence electrons. The molecule has 1 aliphatic heterocycles. The minimum atomic E-state index is -0.444. The molecule has 6 nitrogen and oxygen atoms in total. The summed E-state index contributed by atoms with van der Waals surface area (Å²) in [6, 6.07) is 7.87. The molecule has 0 spiro atoms. The minimum Gasteiger partial charge on any atom is -0.497 e. The highest BCUT2D eigenvalue weighted by Crippen LogP contribution is 2.36. The lowest BCUT2D eigenvalue weighted by Crippen LogP contribution is -2.41. The van der Waals surface area contributed by atoms with Crippen molar-refractivity contribution >= 4 is 18.5 Å². The van der Waals surface area contributed by atoms with Crippen molar-refractivity contribution in [2.45, 2.75) is 45.4 Å². The zero-order chi connectivity index (χ0) is 18.1. The Morgan fingerprint density at radius 1 is 1.00 bits per heavy atom. The third kappa shape index (κ3) is 3.77. The molecule has 0 bridgehead atoms. The van der Waals surface area contributed by atoms with E-state index in [1.54, 1.807) is 19.5 Å². The maximum Gasteiger partial charge on any atom is 0.498 e. The predicted molar refractivity (Wildman–Crippen MR) is 98.1 cm³/mol. The van der Waals surface area contributed by atoms with Gasteiger partial charge in [-0.25, -0.2) is 9.97 Å². The van der Waals surface area contributed by atoms with E-state index in [2.05, 4.69) is 15.3 Å². The first-order valence-electron chi connectivity index (χ1n) is 8.35. The van der Waals surface area contributed by atoms with E-state index in [0.717, 1.165) is 16.8 Å². The van der Waals surface area contributed by atoms with Gasteiger partial charge in [0, 0.05) is 24.4 Å². The quantitative estimate of drug-likeness (QED) is 0.843. The fraction of sp³-hybridized carbons (Fsp3) is 0.444. The number of rotatable bonds is 5. The number of nitrogens with zero attached hydrogens (tertiary/aromatic N) is 2. The van der Waals surface area contributed by atoms with Gasteiger partial charge < -0.3 is 19.4 Å². The van der Waals surface area contributed by atoms with Gasteiger partial charge in [0.15, 0.2) is 0 Å². The molecule has 2 heterocycles. The Bertz CT molecular complexity index is 701. The van der Waals surface area contributed by atoms with Crippen LogP contribution in [0.4, 0.5) is 5.95 Å². The maximum atomic E-state index is 6.01. The zero-order valence-electron chi connectivity index (χ0n) is 15.4. The van der Waals surface area contributed by atoms with Crippen LogP contribution >= 0.6 is 0 Å². The summed E-state index contributed by atoms with van der Waals surface area (Å²) in [5, 5.41) is 3.20. The van der Waals surface area contributed by atoms with Crippen LogP contribution in [0, 0.1) is 0 Å². The summed E-state index contributed by atoms with van der Waals surface area (Å²) in [7, 11) is 1.21. The Morgan fingerprint density at radius 3 is 2.08 bits per heavy atom. The molecule has 0 aliphatic carbocycles. The van der Waals surface area contributed by atoms with Gasteiger partial charge in [-0.2, -0.15) is 0 Å². The molecule has 1 aromatic carbocycles. The van der Waals surface area contributed by atoms with Gasteiger partial charge in [-0.15, -0.1) is 0 Å². The van der Waals surface area contributed by atoms with Gasteiger partial charge in [-0.1, -0.05) is 12.1 Å². The first-order chi connectivity index (χ1) is 11.8. The van der Waals surface area contributed by atoms with E-state index < -0.39 is 7.12 Å². The normalized spacial score (nSPS) is 18.2. The molecule has 1 fully saturated rings. The van der Waals surface area contributed by atoms with Crippen molar-refractivity contribution in [1.29, 1.82) is 0 Å². The van der Waals surface area contributed by atoms with Crippen LogP contribution in [0.25, 0.3) is 0 Å². The first-order valence-corrected chi connectivity index (χ1v) is 8.35. The summed E-state index contributed by atoms with van der Waals surface area (Å²) in [5.41, 5.74) is 1.19. The second kappa shape index (κ2) is 6.65. The summed E-state index contributed by atoms with van der Waals surface area (Å²) in [4.78, 5) is 8.72. The average Bonchev–Trinajstić information content (AvgIpc) is 2.82. The molecule has 1 N–H and O–H groups in total. The minimum absolute atomic E-state index is 0.372. The molecule has 0 unspecified atom stereocenters. The van der Waals surface area contributed by atoms with Crippen molar-refractivity contribution < 1.29 is 14.0 Å². The molecule has 1 aliphatic rings. The van der Waals surface area contributed by atoms with Gasteiger partial charge in [-0.05, 0) is 45.4 Å². The second-order valence-electron chi connectivity index (χ2n) is 7.13. The van der Waals surface area contributed by atoms with Crippen LogP contribution in [0.2, 0.25) is 0 Å². The SMILES string of the molecule is COc1ccc(CNc2ncc(B3OC(C)(C)C(C)(C)O3)cn2)cc1. The lowest BCUT2D eigenvalue weighted by Gasteiger charge is -2.32. The fourth-order valence-electron chi connectivity index (χ4n) is 2.45. The van der Waals surface area contributed by atoms with Crippen molar-refractivity contribution in [3.8, 4) is 5.75 Å². The summed E-state index contributed by atoms with van der Waals surface area (Å²) in [6.45, 7) is 8.74. The van der Waals surface area contributed by atoms with Crippen molar-refractivity contribution in [2.24, 2.45) is 0 Å². The monoisotopic (exact) mass is 341 g/mol. The van der Waals surface area contributed by atoms with E-state index in [0.29, 0.717) is 12.5 Å². The van der Waals surface area contributed by atoms with E-state index in [9.17, 15) is 0 Å². The van der Waals surface area contributed by atoms with Crippen molar-refractivity contribution in [1.82, 2.24) is 9.97 Å². The number of nitrogens with one attached hydrogen (secondary N) is 1. The number of hydrogen-bond acceptors (Lipinski definition) is 6. The van der Waals surface area contributed by atoms with E-state index >= 15 is 0 Å². The standard InChI is InChI=1S/C18H24BN3O3/c1-17(2)18(3,4)25-19(24-17)14-11-21-16(22-12-14)20-10-13-6-8-15(23-5)9-7-13/h6-9,11-12H,10H2,1-5H3,(H,20,21,22). The van der Waals surface area contributed by atoms with E-state index in [1.165, 1.54) is 0 Å². The van der Waals surface area contributed by atoms with Gasteiger partial charge in [-0.3, -0.25) is 0 Å². The van der Waals surface area contributed by atoms with Crippen LogP contribution in [0.1, 0.15) is 33.3 Å². The molecular formula is C18H24BN3O3. The second-order valence-corrected chi connectivity index (χ2v) is 7.13. The number of aromatic nitrogens is 2. The molecule has 0 radical (unpaired) electrons. The predicted octanol–water partition coefficient (Wildman–Crippen LogP) is 2.40. The van der Waals surface area contributed by atoms with Crippen molar-refractivity contribution in [3.05, 3.63) is 42.2 Å². The van der Waals surface area contributed by atoms with Crippen LogP contribution in [0.3, 0.4) is 0 Å². The maximum absolute atomic E-state index is 6.01. The molecule has 0 saturated carbocycles. The van der Waals surface area contributed by atoms with Gasteiger partial charge in [0.1, 0.15) is 5.75 Å². The Labute approximate surface area is 149 Å². The van der Waals surface area contributed by atoms with Crippen LogP contribution in [-0.4, -0.2) is 35.4 Å². The van der Waals surface area contributed by atoms with Gasteiger partial charge >= 0.3 is 7.12 Å². The van der Waals surface area contributed by atoms with E-state index in [1.807, 2.05) is 52.0 Å². The molecule has 2 aromatic rings. The lowest BCUT2D eigenvalue weighted by atomic mass is 9.81. The zero-order valence-corrected chi connectivity index (χ0v) is 15.4. The van der Waals surface area contributed by atoms with Gasteiger partial charge in [0.2, 0.25) is 5.95 Å². The summed E-state index contributed by atoms with van der Waals surface area (Å²) >= 11 is 0. The van der Waals surface area contributed by atoms with E-state index in [-0.39, 0.29) is 11.2 Å². The summed E-state index contributed by atoms with van der Waals surface area (Å²) < 4.78 is 17.2. The van der Waals surface area contributed by atoms with Crippen LogP contribution in [-0.2, 0) is 15.9 Å². The molecule has 1 saturated heterocycles. The Balaban J connectivity index is 1.61. The molecule has 7 heteroatoms. The van der Waals surface area contributed by atoms with E-state index in [4.69, 9.17) is 14.0 Å². The van der Waals surface area contributed by atoms with Crippen molar-refractivity contribution in [2.75, 3.05) is 12.4 Å². The third-order valence-electron chi connectivity index (χ3n) is 4.81. The van der Waals surface area contributed by atoms with Gasteiger partial charge in [0.25, 0.3) is 0 Å². The molecular weight excluding hydrogens is 317 g/mol. The molecule has 0 amide bonds. The summed E-state index contributed by atoms with van der Waals surface area (Å²) in [6.07, 6.45) is 3.48. The number of ether oxygens (including phenoxy) is 1. The first kappa shape index (κ1) is 17.7. The highest BCUT2D eigenvalue weighted by molar-refractivity contribution is 6.61. The fourth-order valence-corrected chi connectivity index (χ4v) is 2.45. The Kier molecular flexibility index (Phi) is 4.71. The number of hydrogen-bond donors (Lipinski definition) is 1. The molecule has 25 heavy (non-hydrogen) atoms. The van der Waals surface area contributed by atoms with Gasteiger partial charge in [0.05, 0.1) is 18.3 Å². The summed E-state index contributed by atoms with van der Waals surface area (Å²) in [5.74, 6) is 1.41. The number of benzene rings is 1. The largest absolute Gasteiger partial charge is 0.498 e. The molecule has 0 atom stereocenters. The molecule has 3 rings (SSSR count). The smallest absolute Gasteiger partial charge is 0.497 e. The molecule has 1 aromatic heterocycles. The van der Waals surface area contributed by atoms with Crippen molar-refractivity contribution in [3.63, 3.8) is 0 Å².